The summed E-state index contributed by atoms with van der Waals surface area (Å²) >= 11 is 3.17. The van der Waals surface area contributed by atoms with E-state index in [9.17, 15) is 4.79 Å². The molecule has 0 saturated heterocycles. The standard InChI is InChI=1S/C18H26N4OS2/c1-3-21(14-9-6-5-7-10-14)16(23)13-25-18-20-19-17(22(18)4-2)15-11-8-12-24-15/h8,11-12,14H,3-7,9-10,13H2,1-2H3. The van der Waals surface area contributed by atoms with Gasteiger partial charge in [-0.25, -0.2) is 0 Å². The highest BCUT2D eigenvalue weighted by Crippen LogP contribution is 2.28. The van der Waals surface area contributed by atoms with Gasteiger partial charge in [-0.15, -0.1) is 21.5 Å². The van der Waals surface area contributed by atoms with E-state index in [-0.39, 0.29) is 5.91 Å². The zero-order valence-electron chi connectivity index (χ0n) is 15.0. The number of thiophene rings is 1. The van der Waals surface area contributed by atoms with Crippen LogP contribution in [-0.4, -0.2) is 43.9 Å². The average molecular weight is 379 g/mol. The number of thioether (sulfide) groups is 1. The predicted octanol–water partition coefficient (Wildman–Crippen LogP) is 4.30. The van der Waals surface area contributed by atoms with E-state index in [1.54, 1.807) is 11.3 Å². The summed E-state index contributed by atoms with van der Waals surface area (Å²) in [5, 5.41) is 11.5. The number of hydrogen-bond acceptors (Lipinski definition) is 5. The van der Waals surface area contributed by atoms with Gasteiger partial charge in [0, 0.05) is 19.1 Å². The van der Waals surface area contributed by atoms with Crippen molar-refractivity contribution >= 4 is 29.0 Å². The highest BCUT2D eigenvalue weighted by Gasteiger charge is 2.24. The van der Waals surface area contributed by atoms with Crippen LogP contribution >= 0.6 is 23.1 Å². The summed E-state index contributed by atoms with van der Waals surface area (Å²) in [6.07, 6.45) is 6.10. The topological polar surface area (TPSA) is 51.0 Å². The molecule has 136 valence electrons. The summed E-state index contributed by atoms with van der Waals surface area (Å²) in [6, 6.07) is 4.51. The van der Waals surface area contributed by atoms with Crippen molar-refractivity contribution < 1.29 is 4.79 Å². The molecule has 0 atom stereocenters. The summed E-state index contributed by atoms with van der Waals surface area (Å²) in [7, 11) is 0. The van der Waals surface area contributed by atoms with E-state index in [4.69, 9.17) is 0 Å². The lowest BCUT2D eigenvalue weighted by Gasteiger charge is -2.33. The van der Waals surface area contributed by atoms with E-state index >= 15 is 0 Å². The molecule has 0 spiro atoms. The van der Waals surface area contributed by atoms with Gasteiger partial charge in [-0.3, -0.25) is 4.79 Å². The molecule has 1 amide bonds. The lowest BCUT2D eigenvalue weighted by atomic mass is 9.94. The first-order chi connectivity index (χ1) is 12.2. The van der Waals surface area contributed by atoms with E-state index < -0.39 is 0 Å². The maximum Gasteiger partial charge on any atom is 0.233 e. The summed E-state index contributed by atoms with van der Waals surface area (Å²) in [5.41, 5.74) is 0. The molecule has 5 nitrogen and oxygen atoms in total. The van der Waals surface area contributed by atoms with Crippen LogP contribution in [0, 0.1) is 0 Å². The fourth-order valence-electron chi connectivity index (χ4n) is 3.51. The van der Waals surface area contributed by atoms with E-state index in [1.165, 1.54) is 31.0 Å². The summed E-state index contributed by atoms with van der Waals surface area (Å²) in [4.78, 5) is 15.9. The second kappa shape index (κ2) is 8.85. The normalized spacial score (nSPS) is 15.4. The molecular formula is C18H26N4OS2. The Morgan fingerprint density at radius 1 is 1.32 bits per heavy atom. The van der Waals surface area contributed by atoms with Crippen molar-refractivity contribution in [2.45, 2.75) is 63.7 Å². The van der Waals surface area contributed by atoms with E-state index in [0.29, 0.717) is 11.8 Å². The Hall–Kier alpha value is -1.34. The van der Waals surface area contributed by atoms with Gasteiger partial charge >= 0.3 is 0 Å². The zero-order valence-corrected chi connectivity index (χ0v) is 16.6. The predicted molar refractivity (Wildman–Crippen MR) is 104 cm³/mol. The monoisotopic (exact) mass is 378 g/mol. The fourth-order valence-corrected chi connectivity index (χ4v) is 5.11. The molecule has 0 bridgehead atoms. The molecule has 0 unspecified atom stereocenters. The van der Waals surface area contributed by atoms with Crippen molar-refractivity contribution in [3.63, 3.8) is 0 Å². The molecule has 0 N–H and O–H groups in total. The smallest absolute Gasteiger partial charge is 0.233 e. The molecule has 0 aliphatic heterocycles. The minimum atomic E-state index is 0.225. The molecule has 1 fully saturated rings. The first kappa shape index (κ1) is 18.5. The third-order valence-electron chi connectivity index (χ3n) is 4.78. The highest BCUT2D eigenvalue weighted by molar-refractivity contribution is 7.99. The second-order valence-electron chi connectivity index (χ2n) is 6.29. The van der Waals surface area contributed by atoms with Crippen molar-refractivity contribution in [2.24, 2.45) is 0 Å². The van der Waals surface area contributed by atoms with E-state index in [1.807, 2.05) is 11.4 Å². The van der Waals surface area contributed by atoms with Crippen LogP contribution in [0.4, 0.5) is 0 Å². The van der Waals surface area contributed by atoms with Crippen LogP contribution in [0.25, 0.3) is 10.7 Å². The minimum absolute atomic E-state index is 0.225. The van der Waals surface area contributed by atoms with Crippen LogP contribution < -0.4 is 0 Å². The third kappa shape index (κ3) is 4.26. The van der Waals surface area contributed by atoms with Crippen molar-refractivity contribution in [3.8, 4) is 10.7 Å². The minimum Gasteiger partial charge on any atom is -0.339 e. The third-order valence-corrected chi connectivity index (χ3v) is 6.59. The average Bonchev–Trinajstić information content (AvgIpc) is 3.30. The summed E-state index contributed by atoms with van der Waals surface area (Å²) in [5.74, 6) is 1.56. The van der Waals surface area contributed by atoms with Crippen molar-refractivity contribution in [1.29, 1.82) is 0 Å². The van der Waals surface area contributed by atoms with Crippen LogP contribution in [0.1, 0.15) is 46.0 Å². The van der Waals surface area contributed by atoms with Crippen molar-refractivity contribution in [1.82, 2.24) is 19.7 Å². The number of rotatable bonds is 7. The molecule has 0 aromatic carbocycles. The molecule has 1 aliphatic carbocycles. The zero-order chi connectivity index (χ0) is 17.6. The van der Waals surface area contributed by atoms with Gasteiger partial charge in [0.1, 0.15) is 0 Å². The molecule has 7 heteroatoms. The number of hydrogen-bond donors (Lipinski definition) is 0. The molecular weight excluding hydrogens is 352 g/mol. The van der Waals surface area contributed by atoms with Crippen molar-refractivity contribution in [3.05, 3.63) is 17.5 Å². The van der Waals surface area contributed by atoms with Gasteiger partial charge in [0.25, 0.3) is 0 Å². The summed E-state index contributed by atoms with van der Waals surface area (Å²) in [6.45, 7) is 5.77. The number of nitrogens with zero attached hydrogens (tertiary/aromatic N) is 4. The Kier molecular flexibility index (Phi) is 6.53. The molecule has 2 aromatic rings. The molecule has 25 heavy (non-hydrogen) atoms. The number of aromatic nitrogens is 3. The highest BCUT2D eigenvalue weighted by atomic mass is 32.2. The maximum absolute atomic E-state index is 12.7. The maximum atomic E-state index is 12.7. The van der Waals surface area contributed by atoms with Gasteiger partial charge in [0.05, 0.1) is 10.6 Å². The van der Waals surface area contributed by atoms with Crippen LogP contribution in [0.15, 0.2) is 22.7 Å². The molecule has 0 radical (unpaired) electrons. The van der Waals surface area contributed by atoms with Gasteiger partial charge in [0.2, 0.25) is 5.91 Å². The second-order valence-corrected chi connectivity index (χ2v) is 8.18. The first-order valence-electron chi connectivity index (χ1n) is 9.14. The van der Waals surface area contributed by atoms with Crippen LogP contribution in [0.3, 0.4) is 0 Å². The lowest BCUT2D eigenvalue weighted by Crippen LogP contribution is -2.42. The molecule has 1 saturated carbocycles. The van der Waals surface area contributed by atoms with Gasteiger partial charge < -0.3 is 9.47 Å². The number of carbonyl (C=O) groups is 1. The lowest BCUT2D eigenvalue weighted by molar-refractivity contribution is -0.131. The first-order valence-corrected chi connectivity index (χ1v) is 11.0. The Bertz CT molecular complexity index is 677. The number of amides is 1. The molecule has 2 heterocycles. The number of carbonyl (C=O) groups excluding carboxylic acids is 1. The van der Waals surface area contributed by atoms with Crippen LogP contribution in [-0.2, 0) is 11.3 Å². The largest absolute Gasteiger partial charge is 0.339 e. The van der Waals surface area contributed by atoms with Gasteiger partial charge in [-0.05, 0) is 38.1 Å². The molecule has 2 aromatic heterocycles. The van der Waals surface area contributed by atoms with E-state index in [0.717, 1.165) is 41.8 Å². The summed E-state index contributed by atoms with van der Waals surface area (Å²) < 4.78 is 2.10. The SMILES string of the molecule is CCN(C(=O)CSc1nnc(-c2cccs2)n1CC)C1CCCCC1. The van der Waals surface area contributed by atoms with Crippen LogP contribution in [0.2, 0.25) is 0 Å². The van der Waals surface area contributed by atoms with Gasteiger partial charge in [-0.1, -0.05) is 37.1 Å². The Morgan fingerprint density at radius 3 is 2.76 bits per heavy atom. The van der Waals surface area contributed by atoms with E-state index in [2.05, 4.69) is 39.6 Å². The fraction of sp³-hybridized carbons (Fsp3) is 0.611. The van der Waals surface area contributed by atoms with Gasteiger partial charge in [-0.2, -0.15) is 0 Å². The Morgan fingerprint density at radius 2 is 2.12 bits per heavy atom. The Balaban J connectivity index is 1.65. The Labute approximate surface area is 157 Å². The van der Waals surface area contributed by atoms with Gasteiger partial charge in [0.15, 0.2) is 11.0 Å². The quantitative estimate of drug-likeness (QED) is 0.674. The van der Waals surface area contributed by atoms with Crippen LogP contribution in [0.5, 0.6) is 0 Å². The molecule has 3 rings (SSSR count). The van der Waals surface area contributed by atoms with Crippen molar-refractivity contribution in [2.75, 3.05) is 12.3 Å². The molecule has 1 aliphatic rings.